The minimum atomic E-state index is -2.64. The third-order valence-corrected chi connectivity index (χ3v) is 17.6. The van der Waals surface area contributed by atoms with Crippen LogP contribution in [0.3, 0.4) is 0 Å². The van der Waals surface area contributed by atoms with E-state index < -0.39 is 39.4 Å². The summed E-state index contributed by atoms with van der Waals surface area (Å²) in [6.07, 6.45) is 0. The van der Waals surface area contributed by atoms with Crippen molar-refractivity contribution in [2.24, 2.45) is 0 Å². The van der Waals surface area contributed by atoms with Crippen molar-refractivity contribution in [1.82, 2.24) is 15.0 Å². The molecule has 0 amide bonds. The van der Waals surface area contributed by atoms with Crippen LogP contribution in [0.4, 0.5) is 17.6 Å². The first-order valence-corrected chi connectivity index (χ1v) is 26.7. The van der Waals surface area contributed by atoms with Gasteiger partial charge in [0.1, 0.15) is 16.1 Å². The van der Waals surface area contributed by atoms with Gasteiger partial charge in [0, 0.05) is 27.8 Å². The van der Waals surface area contributed by atoms with Crippen LogP contribution in [0.25, 0.3) is 67.6 Å². The number of aromatic nitrogens is 3. The Labute approximate surface area is 359 Å². The van der Waals surface area contributed by atoms with Gasteiger partial charge < -0.3 is 0 Å². The Hall–Kier alpha value is -6.82. The monoisotopic (exact) mass is 849 g/mol. The van der Waals surface area contributed by atoms with E-state index in [1.165, 1.54) is 12.1 Å². The van der Waals surface area contributed by atoms with Crippen LogP contribution in [0.15, 0.2) is 163 Å². The number of nitrogens with zero attached hydrogens (tertiary/aromatic N) is 3. The molecule has 3 nitrogen and oxygen atoms in total. The van der Waals surface area contributed by atoms with Crippen LogP contribution >= 0.6 is 0 Å². The molecule has 8 aromatic rings. The molecule has 9 heteroatoms. The van der Waals surface area contributed by atoms with Crippen molar-refractivity contribution in [3.63, 3.8) is 0 Å². The minimum Gasteiger partial charge on any atom is -0.208 e. The number of hydrogen-bond donors (Lipinski definition) is 0. The molecule has 0 fully saturated rings. The average Bonchev–Trinajstić information content (AvgIpc) is 3.72. The fraction of sp³-hybridized carbons (Fsp3) is 0.0755. The van der Waals surface area contributed by atoms with Gasteiger partial charge in [-0.2, -0.15) is 0 Å². The van der Waals surface area contributed by atoms with E-state index in [0.29, 0.717) is 39.5 Å². The Morgan fingerprint density at radius 2 is 0.661 bits per heavy atom. The van der Waals surface area contributed by atoms with E-state index in [1.54, 1.807) is 18.2 Å². The maximum Gasteiger partial charge on any atom is 0.166 e. The Bertz CT molecular complexity index is 2950. The van der Waals surface area contributed by atoms with Gasteiger partial charge in [-0.05, 0) is 85.2 Å². The second-order valence-corrected chi connectivity index (χ2v) is 25.5. The molecule has 3 heterocycles. The highest BCUT2D eigenvalue weighted by Gasteiger charge is 2.40. The molecular formula is C53H39F4N3Si2. The quantitative estimate of drug-likeness (QED) is 0.118. The molecule has 0 unspecified atom stereocenters. The van der Waals surface area contributed by atoms with Crippen LogP contribution in [-0.2, 0) is 0 Å². The first-order chi connectivity index (χ1) is 29.9. The van der Waals surface area contributed by atoms with E-state index in [4.69, 9.17) is 15.0 Å². The fourth-order valence-electron chi connectivity index (χ4n) is 9.28. The van der Waals surface area contributed by atoms with E-state index in [1.807, 2.05) is 121 Å². The van der Waals surface area contributed by atoms with Gasteiger partial charge in [-0.25, -0.2) is 32.5 Å². The number of fused-ring (bicyclic) bond motifs is 2. The molecule has 0 atom stereocenters. The summed E-state index contributed by atoms with van der Waals surface area (Å²) >= 11 is 0. The van der Waals surface area contributed by atoms with Gasteiger partial charge in [0.15, 0.2) is 40.7 Å². The SMILES string of the molecule is C[Si]1(C)C=C(c2ccccc2)c2cc(F)c(F)c(-c3cc(-c4nc(-c5ccccc5)nc(-c5ccccc5)n4)cc(-c4c(F)c(F)cc5c4[Si](C)(C)C=C5c4ccccc4)c3)c21. The van der Waals surface area contributed by atoms with Crippen LogP contribution < -0.4 is 10.4 Å². The van der Waals surface area contributed by atoms with Crippen molar-refractivity contribution < 1.29 is 17.6 Å². The smallest absolute Gasteiger partial charge is 0.166 e. The van der Waals surface area contributed by atoms with Crippen molar-refractivity contribution in [3.05, 3.63) is 209 Å². The topological polar surface area (TPSA) is 38.7 Å². The standard InChI is InChI=1S/C53H39F4N3Si2/c1-61(2)30-41(32-17-9-5-10-18-32)39-28-43(54)47(56)45(49(39)61)36-25-37(46-48(57)44(55)29-40-42(31-62(3,4)50(40)46)33-19-11-6-12-20-33)27-38(26-36)53-59-51(34-21-13-7-14-22-34)58-52(60-53)35-23-15-8-16-24-35/h5-31H,1-4H3. The zero-order valence-electron chi connectivity index (χ0n) is 34.4. The van der Waals surface area contributed by atoms with E-state index >= 15 is 17.6 Å². The van der Waals surface area contributed by atoms with Crippen LogP contribution in [-0.4, -0.2) is 31.1 Å². The summed E-state index contributed by atoms with van der Waals surface area (Å²) in [5.41, 5.74) is 11.8. The molecule has 0 saturated heterocycles. The molecule has 0 bridgehead atoms. The highest BCUT2D eigenvalue weighted by Crippen LogP contribution is 2.43. The van der Waals surface area contributed by atoms with E-state index in [2.05, 4.69) is 37.6 Å². The van der Waals surface area contributed by atoms with E-state index in [-0.39, 0.29) is 17.0 Å². The summed E-state index contributed by atoms with van der Waals surface area (Å²) in [5.74, 6) is -2.98. The first kappa shape index (κ1) is 39.3. The van der Waals surface area contributed by atoms with Crippen molar-refractivity contribution in [1.29, 1.82) is 0 Å². The number of halogens is 4. The molecule has 0 aliphatic carbocycles. The van der Waals surface area contributed by atoms with E-state index in [0.717, 1.165) is 43.8 Å². The van der Waals surface area contributed by atoms with Crippen molar-refractivity contribution >= 4 is 37.7 Å². The molecule has 0 N–H and O–H groups in total. The summed E-state index contributed by atoms with van der Waals surface area (Å²) in [6.45, 7) is 8.45. The number of rotatable bonds is 7. The van der Waals surface area contributed by atoms with Gasteiger partial charge >= 0.3 is 0 Å². The molecule has 0 radical (unpaired) electrons. The van der Waals surface area contributed by atoms with Gasteiger partial charge in [0.25, 0.3) is 0 Å². The molecule has 0 saturated carbocycles. The molecule has 7 aromatic carbocycles. The Kier molecular flexibility index (Phi) is 9.50. The summed E-state index contributed by atoms with van der Waals surface area (Å²) in [7, 11) is -5.28. The molecule has 2 aliphatic rings. The molecule has 62 heavy (non-hydrogen) atoms. The Morgan fingerprint density at radius 3 is 1.02 bits per heavy atom. The van der Waals surface area contributed by atoms with Gasteiger partial charge in [-0.3, -0.25) is 0 Å². The lowest BCUT2D eigenvalue weighted by atomic mass is 9.90. The van der Waals surface area contributed by atoms with Crippen molar-refractivity contribution in [3.8, 4) is 56.4 Å². The predicted molar refractivity (Wildman–Crippen MR) is 248 cm³/mol. The minimum absolute atomic E-state index is 0.0932. The molecule has 10 rings (SSSR count). The highest BCUT2D eigenvalue weighted by atomic mass is 28.3. The first-order valence-electron chi connectivity index (χ1n) is 20.5. The molecule has 1 aromatic heterocycles. The maximum absolute atomic E-state index is 17.0. The summed E-state index contributed by atoms with van der Waals surface area (Å²) < 4.78 is 66.6. The largest absolute Gasteiger partial charge is 0.208 e. The second-order valence-electron chi connectivity index (χ2n) is 17.1. The van der Waals surface area contributed by atoms with Crippen molar-refractivity contribution in [2.45, 2.75) is 26.2 Å². The van der Waals surface area contributed by atoms with Crippen LogP contribution in [0.5, 0.6) is 0 Å². The summed E-state index contributed by atoms with van der Waals surface area (Å²) in [5, 5.41) is 1.44. The summed E-state index contributed by atoms with van der Waals surface area (Å²) in [4.78, 5) is 14.9. The lowest BCUT2D eigenvalue weighted by Gasteiger charge is -2.24. The van der Waals surface area contributed by atoms with Crippen LogP contribution in [0.1, 0.15) is 22.3 Å². The molecule has 2 aliphatic heterocycles. The fourth-order valence-corrected chi connectivity index (χ4v) is 15.3. The van der Waals surface area contributed by atoms with Crippen LogP contribution in [0, 0.1) is 23.3 Å². The van der Waals surface area contributed by atoms with Gasteiger partial charge in [0.2, 0.25) is 0 Å². The molecular weight excluding hydrogens is 811 g/mol. The van der Waals surface area contributed by atoms with Gasteiger partial charge in [-0.15, -0.1) is 0 Å². The zero-order valence-corrected chi connectivity index (χ0v) is 36.4. The lowest BCUT2D eigenvalue weighted by molar-refractivity contribution is 0.511. The van der Waals surface area contributed by atoms with Gasteiger partial charge in [0.05, 0.1) is 0 Å². The zero-order chi connectivity index (χ0) is 42.9. The number of hydrogen-bond acceptors (Lipinski definition) is 3. The van der Waals surface area contributed by atoms with E-state index in [9.17, 15) is 0 Å². The Morgan fingerprint density at radius 1 is 0.355 bits per heavy atom. The third kappa shape index (κ3) is 6.69. The average molecular weight is 850 g/mol. The molecule has 302 valence electrons. The third-order valence-electron chi connectivity index (χ3n) is 12.0. The molecule has 0 spiro atoms. The number of benzene rings is 7. The second kappa shape index (κ2) is 15.0. The lowest BCUT2D eigenvalue weighted by Crippen LogP contribution is -2.40. The highest BCUT2D eigenvalue weighted by molar-refractivity contribution is 6.98. The maximum atomic E-state index is 17.0. The predicted octanol–water partition coefficient (Wildman–Crippen LogP) is 12.6. The Balaban J connectivity index is 1.29. The summed E-state index contributed by atoms with van der Waals surface area (Å²) in [6, 6.07) is 46.2. The van der Waals surface area contributed by atoms with Crippen molar-refractivity contribution in [2.75, 3.05) is 0 Å². The normalized spacial score (nSPS) is 14.6. The van der Waals surface area contributed by atoms with Gasteiger partial charge in [-0.1, -0.05) is 159 Å². The van der Waals surface area contributed by atoms with Crippen LogP contribution in [0.2, 0.25) is 26.2 Å².